The first-order valence-corrected chi connectivity index (χ1v) is 6.18. The van der Waals surface area contributed by atoms with Gasteiger partial charge in [0.05, 0.1) is 0 Å². The van der Waals surface area contributed by atoms with E-state index in [-0.39, 0.29) is 0 Å². The predicted molar refractivity (Wildman–Crippen MR) is 73.4 cm³/mol. The number of hydrogen-bond acceptors (Lipinski definition) is 3. The molecule has 0 saturated heterocycles. The van der Waals surface area contributed by atoms with Crippen LogP contribution in [0.3, 0.4) is 0 Å². The monoisotopic (exact) mass is 262 g/mol. The maximum atomic E-state index is 5.81. The van der Waals surface area contributed by atoms with Gasteiger partial charge in [0, 0.05) is 17.3 Å². The Hall–Kier alpha value is -1.58. The highest BCUT2D eigenvalue weighted by molar-refractivity contribution is 6.30. The van der Waals surface area contributed by atoms with E-state index in [1.165, 1.54) is 5.56 Å². The molecule has 18 heavy (non-hydrogen) atoms. The van der Waals surface area contributed by atoms with Gasteiger partial charge in [-0.05, 0) is 49.8 Å². The molecule has 4 heteroatoms. The van der Waals surface area contributed by atoms with Crippen molar-refractivity contribution in [1.82, 2.24) is 10.3 Å². The minimum Gasteiger partial charge on any atom is -0.439 e. The molecule has 94 valence electrons. The molecule has 0 radical (unpaired) electrons. The zero-order valence-corrected chi connectivity index (χ0v) is 10.9. The molecule has 2 rings (SSSR count). The molecule has 2 aromatic rings. The van der Waals surface area contributed by atoms with Crippen LogP contribution in [0.2, 0.25) is 5.02 Å². The predicted octanol–water partition coefficient (Wildman–Crippen LogP) is 3.29. The summed E-state index contributed by atoms with van der Waals surface area (Å²) in [6.07, 6.45) is 2.80. The first-order valence-electron chi connectivity index (χ1n) is 5.81. The van der Waals surface area contributed by atoms with Crippen LogP contribution in [0.15, 0.2) is 42.6 Å². The lowest BCUT2D eigenvalue weighted by Gasteiger charge is -2.05. The van der Waals surface area contributed by atoms with Crippen LogP contribution in [0, 0.1) is 0 Å². The lowest BCUT2D eigenvalue weighted by molar-refractivity contribution is 0.462. The normalized spacial score (nSPS) is 10.3. The van der Waals surface area contributed by atoms with Crippen molar-refractivity contribution in [3.05, 3.63) is 53.2 Å². The average Bonchev–Trinajstić information content (AvgIpc) is 2.41. The van der Waals surface area contributed by atoms with Gasteiger partial charge in [-0.2, -0.15) is 0 Å². The van der Waals surface area contributed by atoms with Crippen LogP contribution in [-0.4, -0.2) is 18.6 Å². The minimum atomic E-state index is 0.588. The summed E-state index contributed by atoms with van der Waals surface area (Å²) in [5.74, 6) is 1.32. The summed E-state index contributed by atoms with van der Waals surface area (Å²) in [5, 5.41) is 3.80. The lowest BCUT2D eigenvalue weighted by Crippen LogP contribution is -2.10. The summed E-state index contributed by atoms with van der Waals surface area (Å²) >= 11 is 5.81. The number of halogens is 1. The van der Waals surface area contributed by atoms with E-state index in [2.05, 4.69) is 10.3 Å². The average molecular weight is 263 g/mol. The Kier molecular flexibility index (Phi) is 4.56. The van der Waals surface area contributed by atoms with Crippen molar-refractivity contribution in [2.75, 3.05) is 13.6 Å². The zero-order chi connectivity index (χ0) is 12.8. The highest BCUT2D eigenvalue weighted by atomic mass is 35.5. The van der Waals surface area contributed by atoms with Gasteiger partial charge >= 0.3 is 0 Å². The van der Waals surface area contributed by atoms with Crippen LogP contribution in [0.4, 0.5) is 0 Å². The van der Waals surface area contributed by atoms with Crippen LogP contribution in [-0.2, 0) is 6.42 Å². The van der Waals surface area contributed by atoms with Crippen molar-refractivity contribution in [1.29, 1.82) is 0 Å². The van der Waals surface area contributed by atoms with Gasteiger partial charge in [0.25, 0.3) is 0 Å². The highest BCUT2D eigenvalue weighted by Crippen LogP contribution is 2.21. The van der Waals surface area contributed by atoms with E-state index in [1.54, 1.807) is 12.1 Å². The van der Waals surface area contributed by atoms with E-state index in [0.717, 1.165) is 18.7 Å². The number of aromatic nitrogens is 1. The molecule has 1 aromatic heterocycles. The molecular formula is C14H15ClN2O. The first kappa shape index (κ1) is 12.9. The fourth-order valence-electron chi connectivity index (χ4n) is 1.51. The smallest absolute Gasteiger partial charge is 0.219 e. The van der Waals surface area contributed by atoms with Crippen LogP contribution in [0.25, 0.3) is 0 Å². The van der Waals surface area contributed by atoms with E-state index >= 15 is 0 Å². The molecule has 0 aliphatic rings. The Morgan fingerprint density at radius 3 is 2.56 bits per heavy atom. The molecule has 0 spiro atoms. The van der Waals surface area contributed by atoms with Crippen molar-refractivity contribution >= 4 is 11.6 Å². The fourth-order valence-corrected chi connectivity index (χ4v) is 1.64. The zero-order valence-electron chi connectivity index (χ0n) is 10.2. The van der Waals surface area contributed by atoms with Gasteiger partial charge in [-0.25, -0.2) is 4.98 Å². The Labute approximate surface area is 112 Å². The molecule has 1 aromatic carbocycles. The van der Waals surface area contributed by atoms with E-state index in [0.29, 0.717) is 10.9 Å². The lowest BCUT2D eigenvalue weighted by atomic mass is 10.2. The summed E-state index contributed by atoms with van der Waals surface area (Å²) in [7, 11) is 1.94. The van der Waals surface area contributed by atoms with E-state index in [1.807, 2.05) is 37.5 Å². The van der Waals surface area contributed by atoms with Crippen LogP contribution >= 0.6 is 11.6 Å². The van der Waals surface area contributed by atoms with E-state index in [4.69, 9.17) is 16.3 Å². The first-order chi connectivity index (χ1) is 8.78. The SMILES string of the molecule is CNCCc1ccc(Oc2ccc(Cl)cc2)nc1. The van der Waals surface area contributed by atoms with Crippen molar-refractivity contribution in [2.24, 2.45) is 0 Å². The van der Waals surface area contributed by atoms with Gasteiger partial charge in [0.2, 0.25) is 5.88 Å². The van der Waals surface area contributed by atoms with Crippen molar-refractivity contribution in [3.63, 3.8) is 0 Å². The van der Waals surface area contributed by atoms with E-state index in [9.17, 15) is 0 Å². The summed E-state index contributed by atoms with van der Waals surface area (Å²) in [6.45, 7) is 0.944. The molecule has 0 fully saturated rings. The Bertz CT molecular complexity index is 482. The molecule has 0 amide bonds. The molecule has 0 unspecified atom stereocenters. The summed E-state index contributed by atoms with van der Waals surface area (Å²) in [6, 6.07) is 11.1. The maximum Gasteiger partial charge on any atom is 0.219 e. The number of rotatable bonds is 5. The van der Waals surface area contributed by atoms with Gasteiger partial charge in [0.15, 0.2) is 0 Å². The molecular weight excluding hydrogens is 248 g/mol. The molecule has 1 heterocycles. The number of nitrogens with one attached hydrogen (secondary N) is 1. The molecule has 0 bridgehead atoms. The molecule has 0 saturated carbocycles. The topological polar surface area (TPSA) is 34.1 Å². The number of ether oxygens (including phenoxy) is 1. The Balaban J connectivity index is 1.99. The number of hydrogen-bond donors (Lipinski definition) is 1. The standard InChI is InChI=1S/C14H15ClN2O/c1-16-9-8-11-2-7-14(17-10-11)18-13-5-3-12(15)4-6-13/h2-7,10,16H,8-9H2,1H3. The Morgan fingerprint density at radius 2 is 1.94 bits per heavy atom. The second-order valence-electron chi connectivity index (χ2n) is 3.91. The van der Waals surface area contributed by atoms with Crippen LogP contribution in [0.1, 0.15) is 5.56 Å². The molecule has 0 aliphatic carbocycles. The van der Waals surface area contributed by atoms with E-state index < -0.39 is 0 Å². The Morgan fingerprint density at radius 1 is 1.17 bits per heavy atom. The molecule has 1 N–H and O–H groups in total. The van der Waals surface area contributed by atoms with Gasteiger partial charge < -0.3 is 10.1 Å². The minimum absolute atomic E-state index is 0.588. The van der Waals surface area contributed by atoms with Gasteiger partial charge in [-0.15, -0.1) is 0 Å². The number of pyridine rings is 1. The number of nitrogens with zero attached hydrogens (tertiary/aromatic N) is 1. The van der Waals surface area contributed by atoms with Crippen LogP contribution in [0.5, 0.6) is 11.6 Å². The summed E-state index contributed by atoms with van der Waals surface area (Å²) in [4.78, 5) is 4.27. The highest BCUT2D eigenvalue weighted by Gasteiger charge is 1.99. The van der Waals surface area contributed by atoms with Crippen molar-refractivity contribution in [3.8, 4) is 11.6 Å². The quantitative estimate of drug-likeness (QED) is 0.898. The third-order valence-electron chi connectivity index (χ3n) is 2.50. The fraction of sp³-hybridized carbons (Fsp3) is 0.214. The van der Waals surface area contributed by atoms with Gasteiger partial charge in [0.1, 0.15) is 5.75 Å². The van der Waals surface area contributed by atoms with Gasteiger partial charge in [-0.1, -0.05) is 17.7 Å². The number of benzene rings is 1. The van der Waals surface area contributed by atoms with Gasteiger partial charge in [-0.3, -0.25) is 0 Å². The summed E-state index contributed by atoms with van der Waals surface area (Å²) < 4.78 is 5.61. The molecule has 3 nitrogen and oxygen atoms in total. The second-order valence-corrected chi connectivity index (χ2v) is 4.35. The maximum absolute atomic E-state index is 5.81. The largest absolute Gasteiger partial charge is 0.439 e. The van der Waals surface area contributed by atoms with Crippen molar-refractivity contribution < 1.29 is 4.74 Å². The summed E-state index contributed by atoms with van der Waals surface area (Å²) in [5.41, 5.74) is 1.19. The molecule has 0 atom stereocenters. The number of likely N-dealkylation sites (N-methyl/N-ethyl adjacent to an activating group) is 1. The second kappa shape index (κ2) is 6.38. The van der Waals surface area contributed by atoms with Crippen molar-refractivity contribution in [2.45, 2.75) is 6.42 Å². The third kappa shape index (κ3) is 3.72. The third-order valence-corrected chi connectivity index (χ3v) is 2.75. The molecule has 0 aliphatic heterocycles. The van der Waals surface area contributed by atoms with Crippen LogP contribution < -0.4 is 10.1 Å².